The molecule has 1 saturated carbocycles. The molecule has 4 N–H and O–H groups in total. The average molecular weight is 515 g/mol. The summed E-state index contributed by atoms with van der Waals surface area (Å²) >= 11 is 10.6. The van der Waals surface area contributed by atoms with Gasteiger partial charge in [-0.3, -0.25) is 9.59 Å². The number of amides is 2. The summed E-state index contributed by atoms with van der Waals surface area (Å²) in [6.07, 6.45) is 0.838. The Bertz CT molecular complexity index is 1120. The van der Waals surface area contributed by atoms with Crippen molar-refractivity contribution in [3.8, 4) is 11.5 Å². The smallest absolute Gasteiger partial charge is 0.229 e. The molecule has 2 atom stereocenters. The Hall–Kier alpha value is -3.24. The summed E-state index contributed by atoms with van der Waals surface area (Å²) in [6, 6.07) is 14.6. The minimum Gasteiger partial charge on any atom is -0.495 e. The van der Waals surface area contributed by atoms with Crippen molar-refractivity contribution in [2.24, 2.45) is 17.3 Å². The third-order valence-electron chi connectivity index (χ3n) is 6.42. The van der Waals surface area contributed by atoms with E-state index in [9.17, 15) is 9.59 Å². The highest BCUT2D eigenvalue weighted by Gasteiger charge is 2.52. The molecule has 10 heteroatoms. The van der Waals surface area contributed by atoms with Crippen LogP contribution in [-0.4, -0.2) is 36.3 Å². The number of carbonyl (C=O) groups excluding carboxylic acids is 2. The molecule has 2 amide bonds. The highest BCUT2D eigenvalue weighted by molar-refractivity contribution is 7.80. The summed E-state index contributed by atoms with van der Waals surface area (Å²) in [7, 11) is 3.13. The maximum absolute atomic E-state index is 12.9. The Morgan fingerprint density at radius 1 is 0.886 bits per heavy atom. The number of anilines is 2. The number of hydrogen-bond donors (Lipinski definition) is 4. The minimum absolute atomic E-state index is 0.0306. The van der Waals surface area contributed by atoms with Gasteiger partial charge in [-0.25, -0.2) is 0 Å². The predicted molar refractivity (Wildman–Crippen MR) is 145 cm³/mol. The number of para-hydroxylation sites is 4. The fraction of sp³-hybridized carbons (Fsp3) is 0.360. The van der Waals surface area contributed by atoms with Crippen molar-refractivity contribution < 1.29 is 19.1 Å². The average Bonchev–Trinajstić information content (AvgIpc) is 2.81. The van der Waals surface area contributed by atoms with E-state index in [1.165, 1.54) is 0 Å². The van der Waals surface area contributed by atoms with Gasteiger partial charge >= 0.3 is 0 Å². The van der Waals surface area contributed by atoms with Crippen LogP contribution in [-0.2, 0) is 9.59 Å². The first-order valence-corrected chi connectivity index (χ1v) is 12.0. The monoisotopic (exact) mass is 514 g/mol. The Kier molecular flexibility index (Phi) is 8.63. The van der Waals surface area contributed by atoms with Crippen LogP contribution in [0.4, 0.5) is 11.4 Å². The van der Waals surface area contributed by atoms with Gasteiger partial charge < -0.3 is 30.7 Å². The molecule has 0 aliphatic heterocycles. The zero-order chi connectivity index (χ0) is 25.6. The number of benzene rings is 2. The molecular weight excluding hydrogens is 484 g/mol. The number of methoxy groups -OCH3 is 2. The van der Waals surface area contributed by atoms with Gasteiger partial charge in [0.2, 0.25) is 11.8 Å². The molecule has 1 fully saturated rings. The van der Waals surface area contributed by atoms with E-state index >= 15 is 0 Å². The Balaban J connectivity index is 1.48. The van der Waals surface area contributed by atoms with E-state index < -0.39 is 0 Å². The molecule has 1 aliphatic carbocycles. The lowest BCUT2D eigenvalue weighted by Crippen LogP contribution is -2.55. The summed E-state index contributed by atoms with van der Waals surface area (Å²) in [5, 5.41) is 11.8. The van der Waals surface area contributed by atoms with Crippen molar-refractivity contribution in [2.75, 3.05) is 24.9 Å². The molecule has 35 heavy (non-hydrogen) atoms. The van der Waals surface area contributed by atoms with Crippen LogP contribution in [0.5, 0.6) is 11.5 Å². The van der Waals surface area contributed by atoms with Gasteiger partial charge in [0.15, 0.2) is 10.2 Å². The molecular formula is C25H30N4O4S2. The van der Waals surface area contributed by atoms with E-state index in [4.69, 9.17) is 33.9 Å². The lowest BCUT2D eigenvalue weighted by Gasteiger charge is -2.51. The van der Waals surface area contributed by atoms with E-state index in [-0.39, 0.29) is 45.7 Å². The van der Waals surface area contributed by atoms with Crippen molar-refractivity contribution in [1.82, 2.24) is 10.6 Å². The minimum atomic E-state index is -0.376. The van der Waals surface area contributed by atoms with Crippen molar-refractivity contribution in [1.29, 1.82) is 0 Å². The lowest BCUT2D eigenvalue weighted by molar-refractivity contribution is -0.143. The molecule has 0 heterocycles. The highest BCUT2D eigenvalue weighted by Crippen LogP contribution is 2.52. The maximum Gasteiger partial charge on any atom is 0.229 e. The van der Waals surface area contributed by atoms with Crippen LogP contribution in [0.15, 0.2) is 48.5 Å². The molecule has 0 spiro atoms. The van der Waals surface area contributed by atoms with Crippen molar-refractivity contribution in [2.45, 2.75) is 26.7 Å². The van der Waals surface area contributed by atoms with Crippen LogP contribution in [0.1, 0.15) is 26.7 Å². The van der Waals surface area contributed by atoms with Crippen LogP contribution in [0, 0.1) is 17.3 Å². The molecule has 2 aromatic rings. The number of hydrogen-bond acceptors (Lipinski definition) is 6. The number of ether oxygens (including phenoxy) is 2. The molecule has 0 radical (unpaired) electrons. The molecule has 8 nitrogen and oxygen atoms in total. The quantitative estimate of drug-likeness (QED) is 0.410. The molecule has 3 rings (SSSR count). The maximum atomic E-state index is 12.9. The summed E-state index contributed by atoms with van der Waals surface area (Å²) in [6.45, 7) is 3.97. The number of carbonyl (C=O) groups is 2. The molecule has 0 bridgehead atoms. The van der Waals surface area contributed by atoms with E-state index in [1.807, 2.05) is 50.2 Å². The summed E-state index contributed by atoms with van der Waals surface area (Å²) in [5.41, 5.74) is 0.957. The zero-order valence-electron chi connectivity index (χ0n) is 20.1. The SMILES string of the molecule is COc1ccccc1NC(=S)NC(=O)C[C@@H]1C[C@@H](C(=O)NC(=S)Nc2ccccc2OC)C1(C)C. The van der Waals surface area contributed by atoms with Crippen molar-refractivity contribution in [3.63, 3.8) is 0 Å². The number of nitrogens with one attached hydrogen (secondary N) is 4. The largest absolute Gasteiger partial charge is 0.495 e. The molecule has 0 aromatic heterocycles. The normalized spacial score (nSPS) is 17.8. The van der Waals surface area contributed by atoms with Crippen molar-refractivity contribution >= 4 is 57.8 Å². The highest BCUT2D eigenvalue weighted by atomic mass is 32.1. The topological polar surface area (TPSA) is 101 Å². The van der Waals surface area contributed by atoms with E-state index in [1.54, 1.807) is 26.4 Å². The first-order chi connectivity index (χ1) is 16.6. The Labute approximate surface area is 216 Å². The van der Waals surface area contributed by atoms with Gasteiger partial charge in [-0.05, 0) is 66.5 Å². The van der Waals surface area contributed by atoms with Crippen LogP contribution in [0.25, 0.3) is 0 Å². The second kappa shape index (κ2) is 11.5. The third-order valence-corrected chi connectivity index (χ3v) is 6.83. The van der Waals surface area contributed by atoms with Crippen molar-refractivity contribution in [3.05, 3.63) is 48.5 Å². The molecule has 2 aromatic carbocycles. The third kappa shape index (κ3) is 6.46. The van der Waals surface area contributed by atoms with Gasteiger partial charge in [0.05, 0.1) is 25.6 Å². The van der Waals surface area contributed by atoms with E-state index in [2.05, 4.69) is 21.3 Å². The van der Waals surface area contributed by atoms with Gasteiger partial charge in [0.25, 0.3) is 0 Å². The molecule has 186 valence electrons. The molecule has 0 unspecified atom stereocenters. The second-order valence-corrected chi connectivity index (χ2v) is 9.67. The fourth-order valence-corrected chi connectivity index (χ4v) is 4.65. The first-order valence-electron chi connectivity index (χ1n) is 11.1. The predicted octanol–water partition coefficient (Wildman–Crippen LogP) is 4.08. The van der Waals surface area contributed by atoms with Crippen LogP contribution in [0.3, 0.4) is 0 Å². The Morgan fingerprint density at radius 2 is 1.37 bits per heavy atom. The number of thiocarbonyl (C=S) groups is 2. The first kappa shape index (κ1) is 26.4. The summed E-state index contributed by atoms with van der Waals surface area (Å²) in [4.78, 5) is 25.4. The summed E-state index contributed by atoms with van der Waals surface area (Å²) < 4.78 is 10.6. The molecule has 0 saturated heterocycles. The number of rotatable bonds is 7. The molecule has 1 aliphatic rings. The van der Waals surface area contributed by atoms with Crippen LogP contribution >= 0.6 is 24.4 Å². The van der Waals surface area contributed by atoms with Gasteiger partial charge in [0, 0.05) is 12.3 Å². The Morgan fingerprint density at radius 3 is 1.86 bits per heavy atom. The zero-order valence-corrected chi connectivity index (χ0v) is 21.8. The van der Waals surface area contributed by atoms with Crippen LogP contribution in [0.2, 0.25) is 0 Å². The van der Waals surface area contributed by atoms with Crippen LogP contribution < -0.4 is 30.7 Å². The van der Waals surface area contributed by atoms with Gasteiger partial charge in [-0.2, -0.15) is 0 Å². The van der Waals surface area contributed by atoms with Gasteiger partial charge in [-0.1, -0.05) is 38.1 Å². The second-order valence-electron chi connectivity index (χ2n) is 8.86. The van der Waals surface area contributed by atoms with E-state index in [0.29, 0.717) is 29.3 Å². The fourth-order valence-electron chi connectivity index (χ4n) is 4.21. The van der Waals surface area contributed by atoms with E-state index in [0.717, 1.165) is 0 Å². The standard InChI is InChI=1S/C25H30N4O4S2/c1-25(2)15(14-21(30)28-23(34)26-17-9-5-7-11-19(17)32-3)13-16(25)22(31)29-24(35)27-18-10-6-8-12-20(18)33-4/h5-12,15-16H,13-14H2,1-4H3,(H2,26,28,30,34)(H2,27,29,31,35)/t15-,16-/m0/s1. The van der Waals surface area contributed by atoms with Gasteiger partial charge in [-0.15, -0.1) is 0 Å². The summed E-state index contributed by atoms with van der Waals surface area (Å²) in [5.74, 6) is 0.628. The lowest BCUT2D eigenvalue weighted by atomic mass is 9.53. The van der Waals surface area contributed by atoms with Gasteiger partial charge in [0.1, 0.15) is 11.5 Å².